The molecule has 1 saturated heterocycles. The highest BCUT2D eigenvalue weighted by Gasteiger charge is 2.28. The van der Waals surface area contributed by atoms with Crippen molar-refractivity contribution in [3.8, 4) is 11.1 Å². The van der Waals surface area contributed by atoms with Gasteiger partial charge < -0.3 is 14.8 Å². The quantitative estimate of drug-likeness (QED) is 0.811. The van der Waals surface area contributed by atoms with Crippen LogP contribution in [0.5, 0.6) is 0 Å². The van der Waals surface area contributed by atoms with Crippen molar-refractivity contribution in [2.45, 2.75) is 18.9 Å². The third kappa shape index (κ3) is 4.49. The molecule has 2 aromatic carbocycles. The first kappa shape index (κ1) is 18.1. The van der Waals surface area contributed by atoms with Crippen LogP contribution in [0.15, 0.2) is 54.6 Å². The minimum Gasteiger partial charge on any atom is -0.467 e. The number of nitrogens with one attached hydrogen (secondary N) is 1. The number of carbonyl (C=O) groups is 2. The molecule has 1 amide bonds. The van der Waals surface area contributed by atoms with Gasteiger partial charge in [-0.3, -0.25) is 4.79 Å². The number of methoxy groups -OCH3 is 1. The number of amides is 1. The maximum Gasteiger partial charge on any atom is 0.328 e. The molecule has 1 heterocycles. The van der Waals surface area contributed by atoms with Gasteiger partial charge in [0.25, 0.3) is 0 Å². The van der Waals surface area contributed by atoms with Crippen molar-refractivity contribution in [3.63, 3.8) is 0 Å². The number of carbonyl (C=O) groups excluding carboxylic acids is 2. The topological polar surface area (TPSA) is 64.6 Å². The molecule has 0 unspecified atom stereocenters. The third-order valence-electron chi connectivity index (χ3n) is 4.60. The Morgan fingerprint density at radius 3 is 2.42 bits per heavy atom. The highest BCUT2D eigenvalue weighted by Crippen LogP contribution is 2.20. The number of hydrogen-bond acceptors (Lipinski definition) is 4. The average Bonchev–Trinajstić information content (AvgIpc) is 3.23. The van der Waals surface area contributed by atoms with Gasteiger partial charge in [0.1, 0.15) is 6.04 Å². The lowest BCUT2D eigenvalue weighted by Crippen LogP contribution is -2.45. The molecular weight excluding hydrogens is 330 g/mol. The molecule has 1 fully saturated rings. The fourth-order valence-electron chi connectivity index (χ4n) is 3.07. The maximum atomic E-state index is 12.3. The first-order chi connectivity index (χ1) is 12.7. The van der Waals surface area contributed by atoms with Crippen molar-refractivity contribution in [3.05, 3.63) is 60.2 Å². The van der Waals surface area contributed by atoms with Crippen molar-refractivity contribution in [1.82, 2.24) is 5.32 Å². The molecule has 1 aliphatic rings. The molecule has 136 valence electrons. The summed E-state index contributed by atoms with van der Waals surface area (Å²) in [6.07, 6.45) is 1.08. The molecule has 1 N–H and O–H groups in total. The second-order valence-corrected chi connectivity index (χ2v) is 6.41. The van der Waals surface area contributed by atoms with Gasteiger partial charge in [0.2, 0.25) is 5.91 Å². The first-order valence-electron chi connectivity index (χ1n) is 8.77. The number of ether oxygens (including phenoxy) is 2. The Balaban J connectivity index is 1.68. The van der Waals surface area contributed by atoms with Crippen LogP contribution >= 0.6 is 0 Å². The van der Waals surface area contributed by atoms with Crippen LogP contribution in [0.3, 0.4) is 0 Å². The molecule has 2 atom stereocenters. The summed E-state index contributed by atoms with van der Waals surface area (Å²) in [4.78, 5) is 24.4. The van der Waals surface area contributed by atoms with E-state index in [1.165, 1.54) is 7.11 Å². The lowest BCUT2D eigenvalue weighted by molar-refractivity contribution is -0.145. The zero-order valence-electron chi connectivity index (χ0n) is 14.8. The van der Waals surface area contributed by atoms with Gasteiger partial charge in [0.05, 0.1) is 19.6 Å². The van der Waals surface area contributed by atoms with Crippen LogP contribution in [0, 0.1) is 5.92 Å². The van der Waals surface area contributed by atoms with Crippen LogP contribution in [0.4, 0.5) is 0 Å². The van der Waals surface area contributed by atoms with Gasteiger partial charge in [-0.2, -0.15) is 0 Å². The van der Waals surface area contributed by atoms with Gasteiger partial charge >= 0.3 is 5.97 Å². The van der Waals surface area contributed by atoms with Crippen LogP contribution in [0.1, 0.15) is 12.0 Å². The standard InChI is InChI=1S/C21H23NO4/c1-25-21(24)19(22-20(23)18-11-12-26-14-18)13-15-7-9-17(10-8-15)16-5-3-2-4-6-16/h2-10,18-19H,11-14H2,1H3,(H,22,23)/t18-,19-/m1/s1. The van der Waals surface area contributed by atoms with Crippen LogP contribution in [0.2, 0.25) is 0 Å². The highest BCUT2D eigenvalue weighted by molar-refractivity contribution is 5.86. The van der Waals surface area contributed by atoms with Gasteiger partial charge in [-0.15, -0.1) is 0 Å². The summed E-state index contributed by atoms with van der Waals surface area (Å²) in [5.41, 5.74) is 3.21. The monoisotopic (exact) mass is 353 g/mol. The molecule has 0 saturated carbocycles. The third-order valence-corrected chi connectivity index (χ3v) is 4.60. The molecule has 2 aromatic rings. The van der Waals surface area contributed by atoms with Crippen LogP contribution in [-0.2, 0) is 25.5 Å². The number of benzene rings is 2. The number of esters is 1. The summed E-state index contributed by atoms with van der Waals surface area (Å²) < 4.78 is 10.1. The Morgan fingerprint density at radius 2 is 1.81 bits per heavy atom. The van der Waals surface area contributed by atoms with Gasteiger partial charge in [0, 0.05) is 13.0 Å². The Bertz CT molecular complexity index is 736. The SMILES string of the molecule is COC(=O)[C@@H](Cc1ccc(-c2ccccc2)cc1)NC(=O)[C@@H]1CCOC1. The van der Waals surface area contributed by atoms with Crippen molar-refractivity contribution in [1.29, 1.82) is 0 Å². The first-order valence-corrected chi connectivity index (χ1v) is 8.77. The predicted octanol–water partition coefficient (Wildman–Crippen LogP) is 2.59. The molecule has 5 nitrogen and oxygen atoms in total. The van der Waals surface area contributed by atoms with E-state index in [0.29, 0.717) is 26.1 Å². The van der Waals surface area contributed by atoms with Crippen molar-refractivity contribution >= 4 is 11.9 Å². The van der Waals surface area contributed by atoms with Crippen molar-refractivity contribution < 1.29 is 19.1 Å². The Kier molecular flexibility index (Phi) is 6.02. The smallest absolute Gasteiger partial charge is 0.328 e. The zero-order chi connectivity index (χ0) is 18.4. The van der Waals surface area contributed by atoms with E-state index in [1.807, 2.05) is 42.5 Å². The molecule has 5 heteroatoms. The van der Waals surface area contributed by atoms with Crippen LogP contribution < -0.4 is 5.32 Å². The maximum absolute atomic E-state index is 12.3. The molecule has 1 aliphatic heterocycles. The molecule has 0 aliphatic carbocycles. The molecule has 0 radical (unpaired) electrons. The van der Waals surface area contributed by atoms with E-state index in [9.17, 15) is 9.59 Å². The summed E-state index contributed by atoms with van der Waals surface area (Å²) in [5.74, 6) is -0.786. The fraction of sp³-hybridized carbons (Fsp3) is 0.333. The van der Waals surface area contributed by atoms with Crippen molar-refractivity contribution in [2.75, 3.05) is 20.3 Å². The summed E-state index contributed by atoms with van der Waals surface area (Å²) in [6, 6.07) is 17.4. The van der Waals surface area contributed by atoms with E-state index < -0.39 is 12.0 Å². The Labute approximate surface area is 153 Å². The molecule has 26 heavy (non-hydrogen) atoms. The van der Waals surface area contributed by atoms with Gasteiger partial charge in [-0.1, -0.05) is 54.6 Å². The number of hydrogen-bond donors (Lipinski definition) is 1. The molecule has 0 spiro atoms. The lowest BCUT2D eigenvalue weighted by atomic mass is 10.00. The van der Waals surface area contributed by atoms with Crippen LogP contribution in [-0.4, -0.2) is 38.2 Å². The minimum atomic E-state index is -0.698. The lowest BCUT2D eigenvalue weighted by Gasteiger charge is -2.18. The Morgan fingerprint density at radius 1 is 1.12 bits per heavy atom. The van der Waals surface area contributed by atoms with E-state index in [-0.39, 0.29) is 11.8 Å². The van der Waals surface area contributed by atoms with E-state index in [0.717, 1.165) is 16.7 Å². The zero-order valence-corrected chi connectivity index (χ0v) is 14.8. The van der Waals surface area contributed by atoms with Crippen molar-refractivity contribution in [2.24, 2.45) is 5.92 Å². The van der Waals surface area contributed by atoms with E-state index in [1.54, 1.807) is 0 Å². The van der Waals surface area contributed by atoms with Crippen LogP contribution in [0.25, 0.3) is 11.1 Å². The second kappa shape index (κ2) is 8.63. The summed E-state index contributed by atoms with van der Waals surface area (Å²) in [7, 11) is 1.33. The summed E-state index contributed by atoms with van der Waals surface area (Å²) >= 11 is 0. The highest BCUT2D eigenvalue weighted by atomic mass is 16.5. The second-order valence-electron chi connectivity index (χ2n) is 6.41. The van der Waals surface area contributed by atoms with E-state index >= 15 is 0 Å². The minimum absolute atomic E-state index is 0.154. The van der Waals surface area contributed by atoms with Gasteiger partial charge in [-0.05, 0) is 23.1 Å². The summed E-state index contributed by atoms with van der Waals surface area (Å²) in [5, 5.41) is 2.81. The van der Waals surface area contributed by atoms with E-state index in [2.05, 4.69) is 17.4 Å². The summed E-state index contributed by atoms with van der Waals surface area (Å²) in [6.45, 7) is 0.993. The molecular formula is C21H23NO4. The fourth-order valence-corrected chi connectivity index (χ4v) is 3.07. The predicted molar refractivity (Wildman–Crippen MR) is 98.5 cm³/mol. The normalized spacial score (nSPS) is 17.5. The molecule has 0 bridgehead atoms. The Hall–Kier alpha value is -2.66. The number of rotatable bonds is 6. The average molecular weight is 353 g/mol. The molecule has 0 aromatic heterocycles. The molecule has 3 rings (SSSR count). The largest absolute Gasteiger partial charge is 0.467 e. The van der Waals surface area contributed by atoms with Gasteiger partial charge in [-0.25, -0.2) is 4.79 Å². The van der Waals surface area contributed by atoms with Gasteiger partial charge in [0.15, 0.2) is 0 Å². The van der Waals surface area contributed by atoms with E-state index in [4.69, 9.17) is 9.47 Å².